The number of amides is 2. The first-order valence-corrected chi connectivity index (χ1v) is 13.7. The van der Waals surface area contributed by atoms with Gasteiger partial charge in [0.25, 0.3) is 10.0 Å². The molecule has 0 aromatic heterocycles. The van der Waals surface area contributed by atoms with E-state index in [0.717, 1.165) is 15.4 Å². The Kier molecular flexibility index (Phi) is 9.23. The molecule has 0 bridgehead atoms. The second kappa shape index (κ2) is 12.0. The van der Waals surface area contributed by atoms with Gasteiger partial charge in [-0.05, 0) is 74.4 Å². The lowest BCUT2D eigenvalue weighted by molar-refractivity contribution is -0.139. The fraction of sp³-hybridized carbons (Fsp3) is 0.259. The predicted molar refractivity (Wildman–Crippen MR) is 147 cm³/mol. The highest BCUT2D eigenvalue weighted by molar-refractivity contribution is 7.92. The van der Waals surface area contributed by atoms with Crippen LogP contribution in [-0.2, 0) is 26.2 Å². The predicted octanol–water partition coefficient (Wildman–Crippen LogP) is 4.97. The molecule has 0 saturated heterocycles. The molecule has 0 fully saturated rings. The van der Waals surface area contributed by atoms with Crippen molar-refractivity contribution in [1.29, 1.82) is 0 Å². The van der Waals surface area contributed by atoms with E-state index < -0.39 is 28.5 Å². The number of halogens is 2. The Morgan fingerprint density at radius 1 is 0.919 bits per heavy atom. The average Bonchev–Trinajstić information content (AvgIpc) is 2.86. The molecule has 7 nitrogen and oxygen atoms in total. The Hall–Kier alpha value is -3.07. The van der Waals surface area contributed by atoms with E-state index >= 15 is 0 Å². The average molecular weight is 563 g/mol. The molecule has 10 heteroatoms. The maximum Gasteiger partial charge on any atom is 0.264 e. The molecule has 0 aliphatic carbocycles. The van der Waals surface area contributed by atoms with Gasteiger partial charge in [0.05, 0.1) is 10.6 Å². The second-order valence-corrected chi connectivity index (χ2v) is 11.4. The van der Waals surface area contributed by atoms with E-state index in [-0.39, 0.29) is 17.3 Å². The molecule has 0 saturated carbocycles. The Bertz CT molecular complexity index is 1380. The molecule has 0 spiro atoms. The Balaban J connectivity index is 2.06. The van der Waals surface area contributed by atoms with Crippen molar-refractivity contribution in [3.05, 3.63) is 93.5 Å². The Morgan fingerprint density at radius 3 is 2.08 bits per heavy atom. The SMILES string of the molecule is CNC(=O)C(C)N(Cc1ccc(Cl)cc1)C(=O)CN(c1ccc(Cl)cc1C)S(=O)(=O)c1ccc(C)cc1. The van der Waals surface area contributed by atoms with Crippen LogP contribution in [0.15, 0.2) is 71.6 Å². The van der Waals surface area contributed by atoms with Gasteiger partial charge in [0.1, 0.15) is 12.6 Å². The van der Waals surface area contributed by atoms with Gasteiger partial charge < -0.3 is 10.2 Å². The van der Waals surface area contributed by atoms with Gasteiger partial charge in [-0.1, -0.05) is 53.0 Å². The van der Waals surface area contributed by atoms with Crippen molar-refractivity contribution in [3.63, 3.8) is 0 Å². The van der Waals surface area contributed by atoms with Crippen LogP contribution in [-0.4, -0.2) is 44.8 Å². The smallest absolute Gasteiger partial charge is 0.264 e. The summed E-state index contributed by atoms with van der Waals surface area (Å²) >= 11 is 12.1. The highest BCUT2D eigenvalue weighted by atomic mass is 35.5. The Labute approximate surface area is 228 Å². The molecule has 3 aromatic carbocycles. The molecule has 3 rings (SSSR count). The lowest BCUT2D eigenvalue weighted by atomic mass is 10.1. The van der Waals surface area contributed by atoms with Crippen molar-refractivity contribution < 1.29 is 18.0 Å². The van der Waals surface area contributed by atoms with Crippen LogP contribution in [0.5, 0.6) is 0 Å². The van der Waals surface area contributed by atoms with Crippen molar-refractivity contribution in [2.45, 2.75) is 38.3 Å². The van der Waals surface area contributed by atoms with Crippen molar-refractivity contribution in [2.24, 2.45) is 0 Å². The van der Waals surface area contributed by atoms with Crippen LogP contribution in [0.25, 0.3) is 0 Å². The number of rotatable bonds is 9. The fourth-order valence-electron chi connectivity index (χ4n) is 3.83. The molecular formula is C27H29Cl2N3O4S. The topological polar surface area (TPSA) is 86.8 Å². The van der Waals surface area contributed by atoms with Gasteiger partial charge >= 0.3 is 0 Å². The zero-order valence-corrected chi connectivity index (χ0v) is 23.4. The van der Waals surface area contributed by atoms with Crippen LogP contribution in [0, 0.1) is 13.8 Å². The summed E-state index contributed by atoms with van der Waals surface area (Å²) in [5.74, 6) is -0.922. The van der Waals surface area contributed by atoms with Crippen LogP contribution in [0.3, 0.4) is 0 Å². The zero-order chi connectivity index (χ0) is 27.3. The first kappa shape index (κ1) is 28.5. The third kappa shape index (κ3) is 6.83. The van der Waals surface area contributed by atoms with E-state index in [0.29, 0.717) is 21.3 Å². The van der Waals surface area contributed by atoms with E-state index in [4.69, 9.17) is 23.2 Å². The number of hydrogen-bond acceptors (Lipinski definition) is 4. The molecule has 196 valence electrons. The van der Waals surface area contributed by atoms with E-state index in [9.17, 15) is 18.0 Å². The molecule has 37 heavy (non-hydrogen) atoms. The molecule has 1 N–H and O–H groups in total. The number of nitrogens with zero attached hydrogens (tertiary/aromatic N) is 2. The number of anilines is 1. The molecule has 0 aliphatic heterocycles. The molecule has 2 amide bonds. The maximum atomic E-state index is 13.8. The summed E-state index contributed by atoms with van der Waals surface area (Å²) in [7, 11) is -2.66. The minimum absolute atomic E-state index is 0.0452. The van der Waals surface area contributed by atoms with Gasteiger partial charge in [0.2, 0.25) is 11.8 Å². The summed E-state index contributed by atoms with van der Waals surface area (Å²) in [5, 5.41) is 3.54. The summed E-state index contributed by atoms with van der Waals surface area (Å²) < 4.78 is 28.7. The molecule has 0 heterocycles. The van der Waals surface area contributed by atoms with E-state index in [1.165, 1.54) is 24.1 Å². The highest BCUT2D eigenvalue weighted by Crippen LogP contribution is 2.29. The molecular weight excluding hydrogens is 533 g/mol. The summed E-state index contributed by atoms with van der Waals surface area (Å²) in [4.78, 5) is 27.7. The third-order valence-corrected chi connectivity index (χ3v) is 8.26. The highest BCUT2D eigenvalue weighted by Gasteiger charge is 2.33. The van der Waals surface area contributed by atoms with Gasteiger partial charge in [0.15, 0.2) is 0 Å². The van der Waals surface area contributed by atoms with Crippen LogP contribution in [0.2, 0.25) is 10.0 Å². The van der Waals surface area contributed by atoms with Gasteiger partial charge in [-0.25, -0.2) is 8.42 Å². The number of benzene rings is 3. The normalized spacial score (nSPS) is 12.1. The van der Waals surface area contributed by atoms with Crippen molar-refractivity contribution >= 4 is 50.7 Å². The summed E-state index contributed by atoms with van der Waals surface area (Å²) in [5.41, 5.74) is 2.54. The van der Waals surface area contributed by atoms with Gasteiger partial charge in [-0.2, -0.15) is 0 Å². The van der Waals surface area contributed by atoms with Gasteiger partial charge in [-0.3, -0.25) is 13.9 Å². The number of carbonyl (C=O) groups excluding carboxylic acids is 2. The molecule has 0 radical (unpaired) electrons. The zero-order valence-electron chi connectivity index (χ0n) is 21.0. The van der Waals surface area contributed by atoms with Crippen LogP contribution >= 0.6 is 23.2 Å². The molecule has 0 aliphatic rings. The molecule has 1 unspecified atom stereocenters. The minimum atomic E-state index is -4.14. The van der Waals surface area contributed by atoms with Gasteiger partial charge in [0, 0.05) is 23.6 Å². The summed E-state index contributed by atoms with van der Waals surface area (Å²) in [6.45, 7) is 4.74. The summed E-state index contributed by atoms with van der Waals surface area (Å²) in [6.07, 6.45) is 0. The van der Waals surface area contributed by atoms with Crippen LogP contribution in [0.1, 0.15) is 23.6 Å². The first-order valence-electron chi connectivity index (χ1n) is 11.5. The largest absolute Gasteiger partial charge is 0.357 e. The molecule has 3 aromatic rings. The van der Waals surface area contributed by atoms with Crippen LogP contribution in [0.4, 0.5) is 5.69 Å². The minimum Gasteiger partial charge on any atom is -0.357 e. The van der Waals surface area contributed by atoms with Gasteiger partial charge in [-0.15, -0.1) is 0 Å². The number of carbonyl (C=O) groups is 2. The van der Waals surface area contributed by atoms with E-state index in [2.05, 4.69) is 5.32 Å². The fourth-order valence-corrected chi connectivity index (χ4v) is 5.66. The Morgan fingerprint density at radius 2 is 1.51 bits per heavy atom. The van der Waals surface area contributed by atoms with Crippen LogP contribution < -0.4 is 9.62 Å². The number of aryl methyl sites for hydroxylation is 2. The number of nitrogens with one attached hydrogen (secondary N) is 1. The van der Waals surface area contributed by atoms with Crippen molar-refractivity contribution in [2.75, 3.05) is 17.9 Å². The van der Waals surface area contributed by atoms with E-state index in [1.54, 1.807) is 68.4 Å². The number of likely N-dealkylation sites (N-methyl/N-ethyl adjacent to an activating group) is 1. The number of hydrogen-bond donors (Lipinski definition) is 1. The quantitative estimate of drug-likeness (QED) is 0.399. The first-order chi connectivity index (χ1) is 17.4. The second-order valence-electron chi connectivity index (χ2n) is 8.69. The lowest BCUT2D eigenvalue weighted by Gasteiger charge is -2.32. The third-order valence-electron chi connectivity index (χ3n) is 6.00. The molecule has 1 atom stereocenters. The lowest BCUT2D eigenvalue weighted by Crippen LogP contribution is -2.50. The number of sulfonamides is 1. The standard InChI is InChI=1S/C27H29Cl2N3O4S/c1-18-5-12-24(13-6-18)37(35,36)32(25-14-11-23(29)15-19(25)2)17-26(33)31(20(3)27(34)30-4)16-21-7-9-22(28)10-8-21/h5-15,20H,16-17H2,1-4H3,(H,30,34). The maximum absolute atomic E-state index is 13.8. The summed E-state index contributed by atoms with van der Waals surface area (Å²) in [6, 6.07) is 17.2. The van der Waals surface area contributed by atoms with Crippen molar-refractivity contribution in [1.82, 2.24) is 10.2 Å². The monoisotopic (exact) mass is 561 g/mol. The van der Waals surface area contributed by atoms with Crippen molar-refractivity contribution in [3.8, 4) is 0 Å². The van der Waals surface area contributed by atoms with E-state index in [1.807, 2.05) is 6.92 Å².